The first-order chi connectivity index (χ1) is 17.4. The van der Waals surface area contributed by atoms with Gasteiger partial charge < -0.3 is 15.4 Å². The van der Waals surface area contributed by atoms with Crippen LogP contribution in [0.1, 0.15) is 5.56 Å². The highest BCUT2D eigenvalue weighted by Crippen LogP contribution is 2.34. The molecule has 4 amide bonds. The van der Waals surface area contributed by atoms with Crippen LogP contribution in [0.2, 0.25) is 5.02 Å². The lowest BCUT2D eigenvalue weighted by atomic mass is 10.2. The predicted molar refractivity (Wildman–Crippen MR) is 140 cm³/mol. The van der Waals surface area contributed by atoms with Gasteiger partial charge in [0.1, 0.15) is 12.3 Å². The lowest BCUT2D eigenvalue weighted by molar-refractivity contribution is -0.127. The summed E-state index contributed by atoms with van der Waals surface area (Å²) >= 11 is 6.76. The average Bonchev–Trinajstić information content (AvgIpc) is 3.13. The van der Waals surface area contributed by atoms with Crippen LogP contribution >= 0.6 is 23.4 Å². The van der Waals surface area contributed by atoms with Crippen LogP contribution in [-0.2, 0) is 14.4 Å². The van der Waals surface area contributed by atoms with Crippen LogP contribution in [0.5, 0.6) is 5.75 Å². The normalized spacial score (nSPS) is 14.1. The molecule has 1 saturated heterocycles. The van der Waals surface area contributed by atoms with E-state index < -0.39 is 23.6 Å². The van der Waals surface area contributed by atoms with E-state index in [0.717, 1.165) is 16.7 Å². The van der Waals surface area contributed by atoms with Crippen molar-refractivity contribution in [1.29, 1.82) is 0 Å². The summed E-state index contributed by atoms with van der Waals surface area (Å²) in [6.07, 6.45) is 1.50. The Morgan fingerprint density at radius 1 is 0.889 bits per heavy atom. The molecule has 10 heteroatoms. The first-order valence-electron chi connectivity index (χ1n) is 10.8. The third kappa shape index (κ3) is 6.32. The fourth-order valence-electron chi connectivity index (χ4n) is 3.27. The fraction of sp³-hybridized carbons (Fsp3) is 0.0769. The number of carbonyl (C=O) groups is 4. The minimum absolute atomic E-state index is 0.135. The number of thioether (sulfide) groups is 1. The second kappa shape index (κ2) is 11.6. The van der Waals surface area contributed by atoms with Crippen LogP contribution < -0.4 is 15.4 Å². The molecule has 8 nitrogen and oxygen atoms in total. The number of benzene rings is 3. The van der Waals surface area contributed by atoms with E-state index in [1.165, 1.54) is 6.08 Å². The van der Waals surface area contributed by atoms with Crippen LogP contribution in [-0.4, -0.2) is 41.0 Å². The second-order valence-corrected chi connectivity index (χ2v) is 8.94. The van der Waals surface area contributed by atoms with Crippen molar-refractivity contribution in [2.75, 3.05) is 23.8 Å². The second-order valence-electron chi connectivity index (χ2n) is 7.54. The van der Waals surface area contributed by atoms with E-state index in [2.05, 4.69) is 10.6 Å². The summed E-state index contributed by atoms with van der Waals surface area (Å²) in [4.78, 5) is 50.9. The third-order valence-electron chi connectivity index (χ3n) is 4.95. The zero-order chi connectivity index (χ0) is 25.5. The number of imide groups is 1. The van der Waals surface area contributed by atoms with Crippen molar-refractivity contribution >= 4 is 63.8 Å². The van der Waals surface area contributed by atoms with Crippen LogP contribution in [0.25, 0.3) is 6.08 Å². The van der Waals surface area contributed by atoms with Crippen molar-refractivity contribution in [3.05, 3.63) is 94.4 Å². The van der Waals surface area contributed by atoms with Crippen molar-refractivity contribution < 1.29 is 23.9 Å². The lowest BCUT2D eigenvalue weighted by Gasteiger charge is -2.13. The Balaban J connectivity index is 1.41. The molecule has 1 aliphatic rings. The monoisotopic (exact) mass is 521 g/mol. The maximum atomic E-state index is 12.9. The van der Waals surface area contributed by atoms with Crippen LogP contribution in [0, 0.1) is 0 Å². The Morgan fingerprint density at radius 3 is 2.36 bits per heavy atom. The summed E-state index contributed by atoms with van der Waals surface area (Å²) in [7, 11) is 0. The van der Waals surface area contributed by atoms with Gasteiger partial charge in [0.15, 0.2) is 6.61 Å². The molecule has 4 rings (SSSR count). The van der Waals surface area contributed by atoms with Gasteiger partial charge in [-0.25, -0.2) is 0 Å². The van der Waals surface area contributed by atoms with E-state index in [1.807, 2.05) is 6.07 Å². The highest BCUT2D eigenvalue weighted by atomic mass is 35.5. The highest BCUT2D eigenvalue weighted by Gasteiger charge is 2.36. The maximum absolute atomic E-state index is 12.9. The number of nitrogens with one attached hydrogen (secondary N) is 2. The number of halogens is 1. The Labute approximate surface area is 216 Å². The van der Waals surface area contributed by atoms with Gasteiger partial charge >= 0.3 is 0 Å². The van der Waals surface area contributed by atoms with Crippen LogP contribution in [0.15, 0.2) is 83.8 Å². The van der Waals surface area contributed by atoms with E-state index in [0.29, 0.717) is 27.7 Å². The molecule has 1 fully saturated rings. The Kier molecular flexibility index (Phi) is 8.04. The molecular weight excluding hydrogens is 502 g/mol. The molecule has 0 bridgehead atoms. The molecule has 0 unspecified atom stereocenters. The van der Waals surface area contributed by atoms with Gasteiger partial charge in [-0.3, -0.25) is 24.1 Å². The Bertz CT molecular complexity index is 1350. The van der Waals surface area contributed by atoms with E-state index in [-0.39, 0.29) is 17.4 Å². The molecule has 0 aliphatic carbocycles. The summed E-state index contributed by atoms with van der Waals surface area (Å²) in [5.41, 5.74) is 1.54. The maximum Gasteiger partial charge on any atom is 0.294 e. The number of amides is 4. The summed E-state index contributed by atoms with van der Waals surface area (Å²) in [6.45, 7) is -0.700. The van der Waals surface area contributed by atoms with Gasteiger partial charge in [0.25, 0.3) is 17.1 Å². The zero-order valence-electron chi connectivity index (χ0n) is 18.8. The number of para-hydroxylation sites is 3. The number of carbonyl (C=O) groups excluding carboxylic acids is 4. The predicted octanol–water partition coefficient (Wildman–Crippen LogP) is 5.03. The van der Waals surface area contributed by atoms with Gasteiger partial charge in [0.2, 0.25) is 5.91 Å². The SMILES string of the molecule is O=C(COc1ccccc1/C=C1/SC(=O)N(CC(=O)Nc2ccccc2Cl)C1=O)Nc1ccccc1. The van der Waals surface area contributed by atoms with E-state index >= 15 is 0 Å². The minimum atomic E-state index is -0.601. The molecule has 1 heterocycles. The molecule has 0 atom stereocenters. The fourth-order valence-corrected chi connectivity index (χ4v) is 4.28. The first-order valence-corrected chi connectivity index (χ1v) is 12.0. The molecule has 0 aromatic heterocycles. The van der Waals surface area contributed by atoms with Gasteiger partial charge in [-0.1, -0.05) is 60.1 Å². The molecule has 182 valence electrons. The molecular formula is C26H20ClN3O5S. The van der Waals surface area contributed by atoms with Crippen molar-refractivity contribution in [2.24, 2.45) is 0 Å². The summed E-state index contributed by atoms with van der Waals surface area (Å²) < 4.78 is 5.66. The number of ether oxygens (including phenoxy) is 1. The molecule has 36 heavy (non-hydrogen) atoms. The zero-order valence-corrected chi connectivity index (χ0v) is 20.3. The topological polar surface area (TPSA) is 105 Å². The van der Waals surface area contributed by atoms with Crippen LogP contribution in [0.3, 0.4) is 0 Å². The van der Waals surface area contributed by atoms with Crippen molar-refractivity contribution in [1.82, 2.24) is 4.90 Å². The summed E-state index contributed by atoms with van der Waals surface area (Å²) in [6, 6.07) is 22.4. The highest BCUT2D eigenvalue weighted by molar-refractivity contribution is 8.18. The lowest BCUT2D eigenvalue weighted by Crippen LogP contribution is -2.36. The molecule has 2 N–H and O–H groups in total. The van der Waals surface area contributed by atoms with E-state index in [1.54, 1.807) is 72.8 Å². The number of hydrogen-bond donors (Lipinski definition) is 2. The van der Waals surface area contributed by atoms with Gasteiger partial charge in [0.05, 0.1) is 15.6 Å². The number of rotatable bonds is 8. The molecule has 3 aromatic rings. The smallest absolute Gasteiger partial charge is 0.294 e. The first kappa shape index (κ1) is 25.0. The number of nitrogens with zero attached hydrogens (tertiary/aromatic N) is 1. The summed E-state index contributed by atoms with van der Waals surface area (Å²) in [5, 5.41) is 5.09. The van der Waals surface area contributed by atoms with Crippen molar-refractivity contribution in [2.45, 2.75) is 0 Å². The van der Waals surface area contributed by atoms with E-state index in [4.69, 9.17) is 16.3 Å². The quantitative estimate of drug-likeness (QED) is 0.403. The molecule has 0 radical (unpaired) electrons. The molecule has 0 spiro atoms. The summed E-state index contributed by atoms with van der Waals surface area (Å²) in [5.74, 6) is -1.14. The van der Waals surface area contributed by atoms with E-state index in [9.17, 15) is 19.2 Å². The standard InChI is InChI=1S/C26H20ClN3O5S/c27-19-11-5-6-12-20(19)29-23(31)15-30-25(33)22(36-26(30)34)14-17-8-4-7-13-21(17)35-16-24(32)28-18-9-2-1-3-10-18/h1-14H,15-16H2,(H,28,32)(H,29,31)/b22-14+. The molecule has 0 saturated carbocycles. The van der Waals surface area contributed by atoms with Crippen LogP contribution in [0.4, 0.5) is 16.2 Å². The Morgan fingerprint density at radius 2 is 1.58 bits per heavy atom. The van der Waals surface area contributed by atoms with Gasteiger partial charge in [0, 0.05) is 11.3 Å². The van der Waals surface area contributed by atoms with Gasteiger partial charge in [-0.2, -0.15) is 0 Å². The van der Waals surface area contributed by atoms with Gasteiger partial charge in [-0.05, 0) is 48.2 Å². The molecule has 1 aliphatic heterocycles. The minimum Gasteiger partial charge on any atom is -0.483 e. The van der Waals surface area contributed by atoms with Crippen molar-refractivity contribution in [3.63, 3.8) is 0 Å². The Hall–Kier alpha value is -4.08. The van der Waals surface area contributed by atoms with Gasteiger partial charge in [-0.15, -0.1) is 0 Å². The largest absolute Gasteiger partial charge is 0.483 e. The molecule has 3 aromatic carbocycles. The number of hydrogen-bond acceptors (Lipinski definition) is 6. The van der Waals surface area contributed by atoms with Crippen molar-refractivity contribution in [3.8, 4) is 5.75 Å². The average molecular weight is 522 g/mol. The number of anilines is 2. The third-order valence-corrected chi connectivity index (χ3v) is 6.18.